The van der Waals surface area contributed by atoms with E-state index in [2.05, 4.69) is 16.3 Å². The van der Waals surface area contributed by atoms with Gasteiger partial charge in [0.1, 0.15) is 6.33 Å². The third-order valence-corrected chi connectivity index (χ3v) is 5.08. The number of aromatic nitrogens is 3. The first-order valence-electron chi connectivity index (χ1n) is 7.58. The number of hydrogen-bond donors (Lipinski definition) is 0. The Hall–Kier alpha value is -2.37. The molecule has 1 fully saturated rings. The Morgan fingerprint density at radius 2 is 2.21 bits per heavy atom. The maximum absolute atomic E-state index is 12.7. The summed E-state index contributed by atoms with van der Waals surface area (Å²) in [6.45, 7) is 1.89. The van der Waals surface area contributed by atoms with Crippen LogP contribution in [0.3, 0.4) is 0 Å². The van der Waals surface area contributed by atoms with Crippen LogP contribution < -0.4 is 4.90 Å². The first-order valence-corrected chi connectivity index (χ1v) is 8.46. The smallest absolute Gasteiger partial charge is 0.240 e. The number of carbonyl (C=O) groups is 1. The standard InChI is InChI=1S/C16H17N5O2S/c1-23-9-8-20-11-18-19-16(20)24-14-6-7-21(15(14)22)13-4-2-12(10-17)3-5-13/h2-5,11,14H,6-9H2,1H3. The molecule has 0 N–H and O–H groups in total. The summed E-state index contributed by atoms with van der Waals surface area (Å²) in [6, 6.07) is 9.16. The molecule has 3 rings (SSSR count). The molecule has 1 aromatic heterocycles. The Morgan fingerprint density at radius 1 is 1.42 bits per heavy atom. The van der Waals surface area contributed by atoms with Crippen LogP contribution in [0.15, 0.2) is 35.7 Å². The maximum Gasteiger partial charge on any atom is 0.240 e. The van der Waals surface area contributed by atoms with E-state index in [9.17, 15) is 4.79 Å². The van der Waals surface area contributed by atoms with Gasteiger partial charge in [-0.3, -0.25) is 4.79 Å². The molecule has 0 saturated carbocycles. The summed E-state index contributed by atoms with van der Waals surface area (Å²) in [5.41, 5.74) is 1.41. The molecule has 1 atom stereocenters. The van der Waals surface area contributed by atoms with Crippen molar-refractivity contribution in [1.82, 2.24) is 14.8 Å². The van der Waals surface area contributed by atoms with Gasteiger partial charge in [0.15, 0.2) is 5.16 Å². The van der Waals surface area contributed by atoms with E-state index in [1.807, 2.05) is 16.7 Å². The van der Waals surface area contributed by atoms with Gasteiger partial charge in [-0.05, 0) is 30.7 Å². The average molecular weight is 343 g/mol. The van der Waals surface area contributed by atoms with E-state index in [0.29, 0.717) is 25.3 Å². The predicted molar refractivity (Wildman–Crippen MR) is 89.7 cm³/mol. The molecule has 1 unspecified atom stereocenters. The van der Waals surface area contributed by atoms with E-state index >= 15 is 0 Å². The topological polar surface area (TPSA) is 84.0 Å². The third-order valence-electron chi connectivity index (χ3n) is 3.83. The van der Waals surface area contributed by atoms with E-state index < -0.39 is 0 Å². The van der Waals surface area contributed by atoms with Gasteiger partial charge < -0.3 is 14.2 Å². The number of hydrogen-bond acceptors (Lipinski definition) is 6. The Morgan fingerprint density at radius 3 is 2.92 bits per heavy atom. The Labute approximate surface area is 144 Å². The number of thioether (sulfide) groups is 1. The van der Waals surface area contributed by atoms with Gasteiger partial charge in [0.05, 0.1) is 23.5 Å². The van der Waals surface area contributed by atoms with Crippen molar-refractivity contribution >= 4 is 23.4 Å². The zero-order chi connectivity index (χ0) is 16.9. The van der Waals surface area contributed by atoms with E-state index in [4.69, 9.17) is 10.00 Å². The van der Waals surface area contributed by atoms with Crippen LogP contribution in [0.25, 0.3) is 0 Å². The highest BCUT2D eigenvalue weighted by Gasteiger charge is 2.34. The second kappa shape index (κ2) is 7.47. The van der Waals surface area contributed by atoms with Crippen LogP contribution in [0.5, 0.6) is 0 Å². The fourth-order valence-corrected chi connectivity index (χ4v) is 3.62. The molecule has 0 bridgehead atoms. The lowest BCUT2D eigenvalue weighted by molar-refractivity contribution is -0.116. The zero-order valence-corrected chi connectivity index (χ0v) is 14.1. The largest absolute Gasteiger partial charge is 0.383 e. The number of rotatable bonds is 6. The SMILES string of the molecule is COCCn1cnnc1SC1CCN(c2ccc(C#N)cc2)C1=O. The Bertz CT molecular complexity index is 753. The van der Waals surface area contributed by atoms with Crippen molar-refractivity contribution in [3.63, 3.8) is 0 Å². The van der Waals surface area contributed by atoms with Crippen LogP contribution >= 0.6 is 11.8 Å². The lowest BCUT2D eigenvalue weighted by atomic mass is 10.2. The number of methoxy groups -OCH3 is 1. The number of nitrogens with zero attached hydrogens (tertiary/aromatic N) is 5. The molecule has 2 aromatic rings. The number of benzene rings is 1. The van der Waals surface area contributed by atoms with Crippen LogP contribution in [0.4, 0.5) is 5.69 Å². The highest BCUT2D eigenvalue weighted by molar-refractivity contribution is 8.00. The first kappa shape index (κ1) is 16.5. The quantitative estimate of drug-likeness (QED) is 0.794. The monoisotopic (exact) mass is 343 g/mol. The molecule has 2 heterocycles. The molecule has 8 heteroatoms. The summed E-state index contributed by atoms with van der Waals surface area (Å²) in [6.07, 6.45) is 2.40. The van der Waals surface area contributed by atoms with Crippen LogP contribution in [-0.2, 0) is 16.1 Å². The summed E-state index contributed by atoms with van der Waals surface area (Å²) in [5.74, 6) is 0.0611. The Kier molecular flexibility index (Phi) is 5.13. The minimum Gasteiger partial charge on any atom is -0.383 e. The van der Waals surface area contributed by atoms with Crippen molar-refractivity contribution < 1.29 is 9.53 Å². The van der Waals surface area contributed by atoms with Crippen molar-refractivity contribution in [3.05, 3.63) is 36.2 Å². The fraction of sp³-hybridized carbons (Fsp3) is 0.375. The molecule has 0 radical (unpaired) electrons. The number of nitriles is 1. The summed E-state index contributed by atoms with van der Waals surface area (Å²) < 4.78 is 6.97. The van der Waals surface area contributed by atoms with Gasteiger partial charge >= 0.3 is 0 Å². The van der Waals surface area contributed by atoms with E-state index in [1.165, 1.54) is 11.8 Å². The van der Waals surface area contributed by atoms with Gasteiger partial charge in [-0.1, -0.05) is 11.8 Å². The van der Waals surface area contributed by atoms with Crippen molar-refractivity contribution in [2.75, 3.05) is 25.2 Å². The number of anilines is 1. The predicted octanol–water partition coefficient (Wildman–Crippen LogP) is 1.69. The van der Waals surface area contributed by atoms with Gasteiger partial charge in [0.25, 0.3) is 0 Å². The number of amides is 1. The third kappa shape index (κ3) is 3.42. The minimum absolute atomic E-state index is 0.0611. The Balaban J connectivity index is 1.68. The number of ether oxygens (including phenoxy) is 1. The lowest BCUT2D eigenvalue weighted by Crippen LogP contribution is -2.28. The van der Waals surface area contributed by atoms with Crippen molar-refractivity contribution in [2.45, 2.75) is 23.4 Å². The first-order chi connectivity index (χ1) is 11.7. The van der Waals surface area contributed by atoms with Crippen LogP contribution in [-0.4, -0.2) is 46.2 Å². The van der Waals surface area contributed by atoms with Gasteiger partial charge in [0, 0.05) is 25.9 Å². The minimum atomic E-state index is -0.175. The molecular formula is C16H17N5O2S. The maximum atomic E-state index is 12.7. The molecular weight excluding hydrogens is 326 g/mol. The summed E-state index contributed by atoms with van der Waals surface area (Å²) in [7, 11) is 1.65. The molecule has 1 aliphatic heterocycles. The normalized spacial score (nSPS) is 17.2. The van der Waals surface area contributed by atoms with Gasteiger partial charge in [-0.25, -0.2) is 0 Å². The van der Waals surface area contributed by atoms with Gasteiger partial charge in [-0.15, -0.1) is 10.2 Å². The van der Waals surface area contributed by atoms with Gasteiger partial charge in [-0.2, -0.15) is 5.26 Å². The van der Waals surface area contributed by atoms with Crippen molar-refractivity contribution in [2.24, 2.45) is 0 Å². The molecule has 1 aliphatic rings. The molecule has 0 aliphatic carbocycles. The summed E-state index contributed by atoms with van der Waals surface area (Å²) >= 11 is 1.44. The molecule has 24 heavy (non-hydrogen) atoms. The molecule has 7 nitrogen and oxygen atoms in total. The molecule has 1 aromatic carbocycles. The number of carbonyl (C=O) groups excluding carboxylic acids is 1. The fourth-order valence-electron chi connectivity index (χ4n) is 2.54. The molecule has 0 spiro atoms. The van der Waals surface area contributed by atoms with E-state index in [-0.39, 0.29) is 11.2 Å². The van der Waals surface area contributed by atoms with Crippen LogP contribution in [0.1, 0.15) is 12.0 Å². The molecule has 1 amide bonds. The summed E-state index contributed by atoms with van der Waals surface area (Å²) in [5, 5.41) is 17.4. The van der Waals surface area contributed by atoms with Gasteiger partial charge in [0.2, 0.25) is 5.91 Å². The van der Waals surface area contributed by atoms with Crippen LogP contribution in [0.2, 0.25) is 0 Å². The summed E-state index contributed by atoms with van der Waals surface area (Å²) in [4.78, 5) is 14.4. The average Bonchev–Trinajstić information content (AvgIpc) is 3.21. The van der Waals surface area contributed by atoms with Crippen molar-refractivity contribution in [3.8, 4) is 6.07 Å². The lowest BCUT2D eigenvalue weighted by Gasteiger charge is -2.16. The molecule has 124 valence electrons. The van der Waals surface area contributed by atoms with E-state index in [1.54, 1.807) is 30.5 Å². The zero-order valence-electron chi connectivity index (χ0n) is 13.3. The van der Waals surface area contributed by atoms with E-state index in [0.717, 1.165) is 17.3 Å². The molecule has 1 saturated heterocycles. The highest BCUT2D eigenvalue weighted by atomic mass is 32.2. The second-order valence-corrected chi connectivity index (χ2v) is 6.51. The van der Waals surface area contributed by atoms with Crippen LogP contribution in [0, 0.1) is 11.3 Å². The van der Waals surface area contributed by atoms with Crippen molar-refractivity contribution in [1.29, 1.82) is 5.26 Å². The highest BCUT2D eigenvalue weighted by Crippen LogP contribution is 2.32. The second-order valence-electron chi connectivity index (χ2n) is 5.34.